The molecule has 372 valence electrons. The predicted octanol–water partition coefficient (Wildman–Crippen LogP) is 15.8. The molecule has 2 atom stereocenters. The standard InChI is InChI=1S/C55H105NO7/c1-6-8-10-12-14-16-18-20-22-24-26-28-29-31-33-35-37-39-41-43-45-53(57)62-50-51(49-61-48-47-52(55(59)60)56(3,4)5)63-54(58)46-44-42-40-38-36-34-32-30-27-25-23-21-19-17-15-13-11-9-7-2/h25,27,51-52H,6-24,26,28-50H2,1-5H3/p+1/b27-25+. The molecule has 0 saturated heterocycles. The first-order chi connectivity index (χ1) is 30.6. The van der Waals surface area contributed by atoms with E-state index >= 15 is 0 Å². The molecule has 0 aliphatic rings. The van der Waals surface area contributed by atoms with Gasteiger partial charge in [0.15, 0.2) is 12.1 Å². The van der Waals surface area contributed by atoms with Crippen LogP contribution in [-0.4, -0.2) is 80.6 Å². The zero-order valence-corrected chi connectivity index (χ0v) is 42.6. The molecule has 0 aromatic carbocycles. The molecule has 1 N–H and O–H groups in total. The number of hydrogen-bond acceptors (Lipinski definition) is 6. The molecule has 0 amide bonds. The minimum atomic E-state index is -0.871. The Hall–Kier alpha value is -1.93. The van der Waals surface area contributed by atoms with Crippen LogP contribution in [0.1, 0.15) is 271 Å². The van der Waals surface area contributed by atoms with Crippen molar-refractivity contribution in [3.8, 4) is 0 Å². The lowest BCUT2D eigenvalue weighted by Crippen LogP contribution is -2.50. The van der Waals surface area contributed by atoms with Crippen LogP contribution in [0.2, 0.25) is 0 Å². The Bertz CT molecular complexity index is 1040. The van der Waals surface area contributed by atoms with Crippen molar-refractivity contribution in [1.29, 1.82) is 0 Å². The maximum Gasteiger partial charge on any atom is 0.362 e. The smallest absolute Gasteiger partial charge is 0.362 e. The molecule has 0 heterocycles. The molecule has 0 radical (unpaired) electrons. The van der Waals surface area contributed by atoms with Crippen LogP contribution in [0, 0.1) is 0 Å². The van der Waals surface area contributed by atoms with Crippen molar-refractivity contribution >= 4 is 17.9 Å². The van der Waals surface area contributed by atoms with Crippen molar-refractivity contribution in [3.05, 3.63) is 12.2 Å². The van der Waals surface area contributed by atoms with Gasteiger partial charge in [-0.25, -0.2) is 4.79 Å². The second-order valence-electron chi connectivity index (χ2n) is 19.8. The number of nitrogens with zero attached hydrogens (tertiary/aromatic N) is 1. The fraction of sp³-hybridized carbons (Fsp3) is 0.909. The number of allylic oxidation sites excluding steroid dienone is 2. The summed E-state index contributed by atoms with van der Waals surface area (Å²) in [7, 11) is 5.55. The fourth-order valence-electron chi connectivity index (χ4n) is 8.44. The Morgan fingerprint density at radius 1 is 0.460 bits per heavy atom. The molecule has 0 aliphatic carbocycles. The first kappa shape index (κ1) is 61.1. The minimum Gasteiger partial charge on any atom is -0.477 e. The summed E-state index contributed by atoms with van der Waals surface area (Å²) in [4.78, 5) is 37.2. The number of rotatable bonds is 50. The summed E-state index contributed by atoms with van der Waals surface area (Å²) >= 11 is 0. The Morgan fingerprint density at radius 2 is 0.794 bits per heavy atom. The number of hydrogen-bond donors (Lipinski definition) is 1. The molecule has 0 fully saturated rings. The third-order valence-electron chi connectivity index (χ3n) is 12.7. The van der Waals surface area contributed by atoms with Crippen molar-refractivity contribution in [2.75, 3.05) is 41.0 Å². The largest absolute Gasteiger partial charge is 0.477 e. The first-order valence-corrected chi connectivity index (χ1v) is 27.2. The van der Waals surface area contributed by atoms with Crippen molar-refractivity contribution in [2.45, 2.75) is 283 Å². The van der Waals surface area contributed by atoms with Gasteiger partial charge in [-0.15, -0.1) is 0 Å². The summed E-state index contributed by atoms with van der Waals surface area (Å²) in [5.74, 6) is -1.45. The number of ether oxygens (including phenoxy) is 3. The maximum atomic E-state index is 12.8. The Balaban J connectivity index is 4.18. The Labute approximate surface area is 390 Å². The van der Waals surface area contributed by atoms with E-state index in [0.717, 1.165) is 38.5 Å². The molecule has 8 nitrogen and oxygen atoms in total. The van der Waals surface area contributed by atoms with Crippen LogP contribution in [0.4, 0.5) is 0 Å². The summed E-state index contributed by atoms with van der Waals surface area (Å²) in [5.41, 5.74) is 0. The van der Waals surface area contributed by atoms with Gasteiger partial charge >= 0.3 is 17.9 Å². The molecular weight excluding hydrogens is 787 g/mol. The van der Waals surface area contributed by atoms with Gasteiger partial charge in [-0.1, -0.05) is 225 Å². The summed E-state index contributed by atoms with van der Waals surface area (Å²) < 4.78 is 17.4. The van der Waals surface area contributed by atoms with Crippen molar-refractivity contribution in [1.82, 2.24) is 0 Å². The highest BCUT2D eigenvalue weighted by atomic mass is 16.6. The highest BCUT2D eigenvalue weighted by Crippen LogP contribution is 2.17. The van der Waals surface area contributed by atoms with Crippen LogP contribution >= 0.6 is 0 Å². The lowest BCUT2D eigenvalue weighted by atomic mass is 10.0. The van der Waals surface area contributed by atoms with E-state index in [1.165, 1.54) is 199 Å². The molecule has 0 rings (SSSR count). The highest BCUT2D eigenvalue weighted by molar-refractivity contribution is 5.72. The van der Waals surface area contributed by atoms with Gasteiger partial charge in [0.05, 0.1) is 34.4 Å². The van der Waals surface area contributed by atoms with Crippen LogP contribution in [0.3, 0.4) is 0 Å². The zero-order valence-electron chi connectivity index (χ0n) is 42.6. The van der Waals surface area contributed by atoms with Gasteiger partial charge in [0.2, 0.25) is 0 Å². The van der Waals surface area contributed by atoms with Crippen molar-refractivity contribution in [2.24, 2.45) is 0 Å². The van der Waals surface area contributed by atoms with Crippen molar-refractivity contribution in [3.63, 3.8) is 0 Å². The monoisotopic (exact) mass is 893 g/mol. The number of carboxylic acids is 1. The van der Waals surface area contributed by atoms with E-state index in [4.69, 9.17) is 14.2 Å². The summed E-state index contributed by atoms with van der Waals surface area (Å²) in [6, 6.07) is -0.612. The number of likely N-dealkylation sites (N-methyl/N-ethyl adjacent to an activating group) is 1. The number of carbonyl (C=O) groups is 3. The van der Waals surface area contributed by atoms with Crippen LogP contribution in [0.15, 0.2) is 12.2 Å². The van der Waals surface area contributed by atoms with Gasteiger partial charge in [0.25, 0.3) is 0 Å². The molecule has 0 saturated carbocycles. The molecule has 0 aromatic rings. The summed E-state index contributed by atoms with van der Waals surface area (Å²) in [6.45, 7) is 4.79. The summed E-state index contributed by atoms with van der Waals surface area (Å²) in [5, 5.41) is 9.66. The molecule has 2 unspecified atom stereocenters. The topological polar surface area (TPSA) is 99.1 Å². The molecule has 63 heavy (non-hydrogen) atoms. The number of carbonyl (C=O) groups excluding carboxylic acids is 2. The summed E-state index contributed by atoms with van der Waals surface area (Å²) in [6.07, 6.45) is 52.6. The van der Waals surface area contributed by atoms with Gasteiger partial charge in [-0.05, 0) is 38.5 Å². The number of unbranched alkanes of at least 4 members (excludes halogenated alkanes) is 34. The van der Waals surface area contributed by atoms with Gasteiger partial charge in [0.1, 0.15) is 6.61 Å². The number of quaternary nitrogens is 1. The Kier molecular flexibility index (Phi) is 45.2. The third-order valence-corrected chi connectivity index (χ3v) is 12.7. The molecule has 0 spiro atoms. The molecule has 0 aromatic heterocycles. The average molecular weight is 893 g/mol. The lowest BCUT2D eigenvalue weighted by molar-refractivity contribution is -0.887. The van der Waals surface area contributed by atoms with Crippen LogP contribution in [0.25, 0.3) is 0 Å². The van der Waals surface area contributed by atoms with Crippen LogP contribution in [-0.2, 0) is 28.6 Å². The van der Waals surface area contributed by atoms with Gasteiger partial charge in [-0.3, -0.25) is 9.59 Å². The fourth-order valence-corrected chi connectivity index (χ4v) is 8.44. The number of aliphatic carboxylic acids is 1. The molecule has 0 aliphatic heterocycles. The predicted molar refractivity (Wildman–Crippen MR) is 266 cm³/mol. The van der Waals surface area contributed by atoms with E-state index in [-0.39, 0.29) is 36.2 Å². The quantitative estimate of drug-likeness (QED) is 0.0281. The maximum absolute atomic E-state index is 12.8. The lowest BCUT2D eigenvalue weighted by Gasteiger charge is -2.31. The van der Waals surface area contributed by atoms with E-state index < -0.39 is 18.1 Å². The Morgan fingerprint density at radius 3 is 1.14 bits per heavy atom. The highest BCUT2D eigenvalue weighted by Gasteiger charge is 2.31. The molecule has 8 heteroatoms. The van der Waals surface area contributed by atoms with E-state index in [1.54, 1.807) is 0 Å². The van der Waals surface area contributed by atoms with Gasteiger partial charge < -0.3 is 23.8 Å². The van der Waals surface area contributed by atoms with Crippen LogP contribution in [0.5, 0.6) is 0 Å². The number of carboxylic acid groups (broad SMARTS) is 1. The number of esters is 2. The second kappa shape index (κ2) is 46.6. The third kappa shape index (κ3) is 45.0. The zero-order chi connectivity index (χ0) is 46.3. The van der Waals surface area contributed by atoms with E-state index in [1.807, 2.05) is 21.1 Å². The normalized spacial score (nSPS) is 12.8. The average Bonchev–Trinajstić information content (AvgIpc) is 3.24. The minimum absolute atomic E-state index is 0.0458. The van der Waals surface area contributed by atoms with Crippen LogP contribution < -0.4 is 0 Å². The van der Waals surface area contributed by atoms with Gasteiger partial charge in [0, 0.05) is 19.3 Å². The van der Waals surface area contributed by atoms with E-state index in [0.29, 0.717) is 19.3 Å². The van der Waals surface area contributed by atoms with E-state index in [2.05, 4.69) is 26.0 Å². The van der Waals surface area contributed by atoms with E-state index in [9.17, 15) is 19.5 Å². The SMILES string of the molecule is CCCCCCCCCC/C=C/CCCCCCCCCC(=O)OC(COCCC(C(=O)O)[N+](C)(C)C)COC(=O)CCCCCCCCCCCCCCCCCCCCCC. The second-order valence-corrected chi connectivity index (χ2v) is 19.8. The molecular formula is C55H106NO7+. The van der Waals surface area contributed by atoms with Gasteiger partial charge in [-0.2, -0.15) is 0 Å². The first-order valence-electron chi connectivity index (χ1n) is 27.2. The van der Waals surface area contributed by atoms with Crippen molar-refractivity contribution < 1.29 is 38.2 Å². The molecule has 0 bridgehead atoms.